The maximum absolute atomic E-state index is 5.78. The molecule has 0 spiro atoms. The summed E-state index contributed by atoms with van der Waals surface area (Å²) >= 11 is 5.78. The maximum atomic E-state index is 5.78. The zero-order valence-corrected chi connectivity index (χ0v) is 11.4. The number of nitrogens with zero attached hydrogens (tertiary/aromatic N) is 3. The third-order valence-electron chi connectivity index (χ3n) is 3.87. The van der Waals surface area contributed by atoms with Crippen molar-refractivity contribution in [2.45, 2.75) is 18.7 Å². The lowest BCUT2D eigenvalue weighted by Gasteiger charge is -2.35. The molecule has 1 aromatic heterocycles. The van der Waals surface area contributed by atoms with Crippen molar-refractivity contribution >= 4 is 17.4 Å². The Morgan fingerprint density at radius 1 is 1.17 bits per heavy atom. The standard InChI is InChI=1S/C14H20ClN3/c15-9-13-3-4-14(16-10-13)18-7-5-17(6-8-18)11-12-1-2-12/h3-4,10,12H,1-2,5-9,11H2. The second kappa shape index (κ2) is 5.45. The van der Waals surface area contributed by atoms with Gasteiger partial charge in [0.2, 0.25) is 0 Å². The summed E-state index contributed by atoms with van der Waals surface area (Å²) in [7, 11) is 0. The normalized spacial score (nSPS) is 21.3. The summed E-state index contributed by atoms with van der Waals surface area (Å²) in [5.41, 5.74) is 1.09. The average molecular weight is 266 g/mol. The van der Waals surface area contributed by atoms with E-state index in [2.05, 4.69) is 26.9 Å². The predicted octanol–water partition coefficient (Wildman–Crippen LogP) is 2.35. The molecule has 0 aromatic carbocycles. The monoisotopic (exact) mass is 265 g/mol. The summed E-state index contributed by atoms with van der Waals surface area (Å²) in [6, 6.07) is 4.17. The number of rotatable bonds is 4. The Labute approximate surface area is 114 Å². The number of aromatic nitrogens is 1. The highest BCUT2D eigenvalue weighted by Crippen LogP contribution is 2.30. The van der Waals surface area contributed by atoms with Gasteiger partial charge in [0.1, 0.15) is 5.82 Å². The molecule has 1 aliphatic heterocycles. The van der Waals surface area contributed by atoms with E-state index in [1.807, 2.05) is 6.20 Å². The van der Waals surface area contributed by atoms with Crippen molar-refractivity contribution < 1.29 is 0 Å². The van der Waals surface area contributed by atoms with Gasteiger partial charge < -0.3 is 4.90 Å². The molecule has 98 valence electrons. The van der Waals surface area contributed by atoms with E-state index in [0.29, 0.717) is 5.88 Å². The van der Waals surface area contributed by atoms with Crippen molar-refractivity contribution in [1.82, 2.24) is 9.88 Å². The lowest BCUT2D eigenvalue weighted by Crippen LogP contribution is -2.47. The molecule has 3 rings (SSSR count). The fraction of sp³-hybridized carbons (Fsp3) is 0.643. The number of piperazine rings is 1. The minimum absolute atomic E-state index is 0.544. The third kappa shape index (κ3) is 2.96. The summed E-state index contributed by atoms with van der Waals surface area (Å²) in [4.78, 5) is 9.47. The largest absolute Gasteiger partial charge is 0.354 e. The van der Waals surface area contributed by atoms with E-state index in [1.165, 1.54) is 32.5 Å². The number of anilines is 1. The Balaban J connectivity index is 1.54. The third-order valence-corrected chi connectivity index (χ3v) is 4.18. The zero-order valence-electron chi connectivity index (χ0n) is 10.7. The molecule has 0 N–H and O–H groups in total. The van der Waals surface area contributed by atoms with Crippen molar-refractivity contribution in [3.05, 3.63) is 23.9 Å². The Hall–Kier alpha value is -0.800. The summed E-state index contributed by atoms with van der Waals surface area (Å²) in [6.07, 6.45) is 4.78. The summed E-state index contributed by atoms with van der Waals surface area (Å²) in [5.74, 6) is 2.63. The molecular formula is C14H20ClN3. The molecule has 0 radical (unpaired) electrons. The number of hydrogen-bond donors (Lipinski definition) is 0. The van der Waals surface area contributed by atoms with Gasteiger partial charge in [-0.1, -0.05) is 6.07 Å². The van der Waals surface area contributed by atoms with E-state index in [-0.39, 0.29) is 0 Å². The maximum Gasteiger partial charge on any atom is 0.128 e. The highest BCUT2D eigenvalue weighted by atomic mass is 35.5. The molecular weight excluding hydrogens is 246 g/mol. The fourth-order valence-electron chi connectivity index (χ4n) is 2.51. The molecule has 0 unspecified atom stereocenters. The summed E-state index contributed by atoms with van der Waals surface area (Å²) in [5, 5.41) is 0. The molecule has 2 heterocycles. The van der Waals surface area contributed by atoms with Crippen LogP contribution in [0, 0.1) is 5.92 Å². The van der Waals surface area contributed by atoms with E-state index < -0.39 is 0 Å². The first kappa shape index (κ1) is 12.2. The molecule has 1 aliphatic carbocycles. The average Bonchev–Trinajstić information content (AvgIpc) is 3.24. The van der Waals surface area contributed by atoms with Crippen molar-refractivity contribution in [2.75, 3.05) is 37.6 Å². The minimum Gasteiger partial charge on any atom is -0.354 e. The number of alkyl halides is 1. The van der Waals surface area contributed by atoms with Crippen molar-refractivity contribution in [1.29, 1.82) is 0 Å². The Bertz CT molecular complexity index is 381. The van der Waals surface area contributed by atoms with Gasteiger partial charge in [-0.05, 0) is 30.4 Å². The van der Waals surface area contributed by atoms with Gasteiger partial charge in [-0.2, -0.15) is 0 Å². The molecule has 3 nitrogen and oxygen atoms in total. The molecule has 0 bridgehead atoms. The lowest BCUT2D eigenvalue weighted by molar-refractivity contribution is 0.247. The van der Waals surface area contributed by atoms with E-state index in [4.69, 9.17) is 11.6 Å². The van der Waals surface area contributed by atoms with Gasteiger partial charge in [0.05, 0.1) is 0 Å². The Morgan fingerprint density at radius 3 is 2.50 bits per heavy atom. The minimum atomic E-state index is 0.544. The highest BCUT2D eigenvalue weighted by Gasteiger charge is 2.26. The number of hydrogen-bond acceptors (Lipinski definition) is 3. The van der Waals surface area contributed by atoms with Crippen LogP contribution in [0.3, 0.4) is 0 Å². The zero-order chi connectivity index (χ0) is 12.4. The molecule has 1 saturated carbocycles. The van der Waals surface area contributed by atoms with Crippen LogP contribution in [0.25, 0.3) is 0 Å². The Kier molecular flexibility index (Phi) is 3.71. The van der Waals surface area contributed by atoms with Crippen molar-refractivity contribution in [2.24, 2.45) is 5.92 Å². The van der Waals surface area contributed by atoms with E-state index in [9.17, 15) is 0 Å². The molecule has 0 atom stereocenters. The second-order valence-electron chi connectivity index (χ2n) is 5.39. The molecule has 2 aliphatic rings. The molecule has 4 heteroatoms. The predicted molar refractivity (Wildman–Crippen MR) is 75.2 cm³/mol. The molecule has 1 saturated heterocycles. The van der Waals surface area contributed by atoms with Crippen LogP contribution in [0.15, 0.2) is 18.3 Å². The van der Waals surface area contributed by atoms with Gasteiger partial charge in [0.25, 0.3) is 0 Å². The quantitative estimate of drug-likeness (QED) is 0.779. The van der Waals surface area contributed by atoms with E-state index in [0.717, 1.165) is 30.4 Å². The molecule has 2 fully saturated rings. The van der Waals surface area contributed by atoms with Gasteiger partial charge in [-0.25, -0.2) is 4.98 Å². The number of pyridine rings is 1. The van der Waals surface area contributed by atoms with Crippen molar-refractivity contribution in [3.63, 3.8) is 0 Å². The fourth-order valence-corrected chi connectivity index (χ4v) is 2.67. The van der Waals surface area contributed by atoms with Crippen LogP contribution in [-0.2, 0) is 5.88 Å². The van der Waals surface area contributed by atoms with Crippen LogP contribution < -0.4 is 4.90 Å². The van der Waals surface area contributed by atoms with Crippen LogP contribution in [-0.4, -0.2) is 42.6 Å². The van der Waals surface area contributed by atoms with Crippen molar-refractivity contribution in [3.8, 4) is 0 Å². The first-order valence-corrected chi connectivity index (χ1v) is 7.37. The summed E-state index contributed by atoms with van der Waals surface area (Å²) < 4.78 is 0. The van der Waals surface area contributed by atoms with Crippen LogP contribution in [0.5, 0.6) is 0 Å². The van der Waals surface area contributed by atoms with Crippen LogP contribution >= 0.6 is 11.6 Å². The molecule has 1 aromatic rings. The number of halogens is 1. The first-order chi connectivity index (χ1) is 8.85. The Morgan fingerprint density at radius 2 is 1.94 bits per heavy atom. The molecule has 18 heavy (non-hydrogen) atoms. The van der Waals surface area contributed by atoms with Crippen LogP contribution in [0.1, 0.15) is 18.4 Å². The van der Waals surface area contributed by atoms with Gasteiger partial charge in [-0.15, -0.1) is 11.6 Å². The smallest absolute Gasteiger partial charge is 0.128 e. The lowest BCUT2D eigenvalue weighted by atomic mass is 10.2. The summed E-state index contributed by atoms with van der Waals surface area (Å²) in [6.45, 7) is 5.86. The van der Waals surface area contributed by atoms with Crippen LogP contribution in [0.4, 0.5) is 5.82 Å². The SMILES string of the molecule is ClCc1ccc(N2CCN(CC3CC3)CC2)nc1. The van der Waals surface area contributed by atoms with Gasteiger partial charge in [0.15, 0.2) is 0 Å². The van der Waals surface area contributed by atoms with Crippen LogP contribution in [0.2, 0.25) is 0 Å². The van der Waals surface area contributed by atoms with Gasteiger partial charge in [0, 0.05) is 44.8 Å². The molecule has 0 amide bonds. The van der Waals surface area contributed by atoms with Gasteiger partial charge in [-0.3, -0.25) is 4.90 Å². The highest BCUT2D eigenvalue weighted by molar-refractivity contribution is 6.17. The second-order valence-corrected chi connectivity index (χ2v) is 5.66. The topological polar surface area (TPSA) is 19.4 Å². The van der Waals surface area contributed by atoms with E-state index >= 15 is 0 Å². The first-order valence-electron chi connectivity index (χ1n) is 6.83. The van der Waals surface area contributed by atoms with Gasteiger partial charge >= 0.3 is 0 Å². The van der Waals surface area contributed by atoms with E-state index in [1.54, 1.807) is 0 Å².